The number of carbonyl (C=O) groups is 6. The zero-order valence-corrected chi connectivity index (χ0v) is 31.9. The van der Waals surface area contributed by atoms with Gasteiger partial charge in [-0.3, -0.25) is 28.9 Å². The van der Waals surface area contributed by atoms with Gasteiger partial charge in [0.1, 0.15) is 0 Å². The number of esters is 1. The second-order valence-corrected chi connectivity index (χ2v) is 16.6. The molecule has 0 aromatic heterocycles. The summed E-state index contributed by atoms with van der Waals surface area (Å²) in [5.41, 5.74) is 0. The molecule has 0 saturated heterocycles. The van der Waals surface area contributed by atoms with Gasteiger partial charge in [-0.25, -0.2) is 4.79 Å². The molecule has 0 aliphatic carbocycles. The molecule has 0 rings (SSSR count). The summed E-state index contributed by atoms with van der Waals surface area (Å²) < 4.78 is 36.9. The van der Waals surface area contributed by atoms with Crippen molar-refractivity contribution >= 4 is 53.1 Å². The third-order valence-electron chi connectivity index (χ3n) is 7.23. The van der Waals surface area contributed by atoms with Crippen LogP contribution in [0, 0.1) is 0 Å². The minimum Gasteiger partial charge on any atom is -0.459 e. The van der Waals surface area contributed by atoms with Gasteiger partial charge in [-0.1, -0.05) is 13.3 Å². The second-order valence-electron chi connectivity index (χ2n) is 10.4. The second kappa shape index (κ2) is 26.8. The molecule has 0 unspecified atom stereocenters. The van der Waals surface area contributed by atoms with Gasteiger partial charge in [0.2, 0.25) is 0 Å². The van der Waals surface area contributed by atoms with Crippen molar-refractivity contribution in [2.24, 2.45) is 0 Å². The minimum atomic E-state index is -2.79. The van der Waals surface area contributed by atoms with E-state index in [9.17, 15) is 28.8 Å². The highest BCUT2D eigenvalue weighted by atomic mass is 28.4. The molecule has 0 aliphatic heterocycles. The van der Waals surface area contributed by atoms with Crippen LogP contribution >= 0.6 is 0 Å². The van der Waals surface area contributed by atoms with E-state index in [-0.39, 0.29) is 59.0 Å². The molecule has 0 bridgehead atoms. The molecule has 0 fully saturated rings. The fourth-order valence-corrected chi connectivity index (χ4v) is 7.66. The Kier molecular flexibility index (Phi) is 25.1. The lowest BCUT2D eigenvalue weighted by molar-refractivity contribution is -0.155. The van der Waals surface area contributed by atoms with E-state index in [4.69, 9.17) is 31.3 Å². The van der Waals surface area contributed by atoms with Crippen LogP contribution in [0.25, 0.3) is 0 Å². The molecule has 0 atom stereocenters. The summed E-state index contributed by atoms with van der Waals surface area (Å²) in [6.07, 6.45) is 2.37. The maximum atomic E-state index is 12.3. The molecular weight excluding hydrogens is 685 g/mol. The molecule has 0 radical (unpaired) electrons. The fourth-order valence-electron chi connectivity index (χ4n) is 4.21. The van der Waals surface area contributed by atoms with Crippen LogP contribution in [0.1, 0.15) is 32.6 Å². The molecule has 5 N–H and O–H groups in total. The third-order valence-corrected chi connectivity index (χ3v) is 12.9. The van der Waals surface area contributed by atoms with Crippen LogP contribution < -0.4 is 26.6 Å². The van der Waals surface area contributed by atoms with Gasteiger partial charge in [-0.2, -0.15) is 0 Å². The topological polar surface area (TPSA) is 230 Å². The normalized spacial score (nSPS) is 11.5. The number of nitrogens with zero attached hydrogens (tertiary/aromatic N) is 1. The molecule has 0 aromatic rings. The number of hydrogen-bond donors (Lipinski definition) is 5. The molecule has 0 spiro atoms. The minimum absolute atomic E-state index is 0.0506. The zero-order chi connectivity index (χ0) is 37.1. The van der Waals surface area contributed by atoms with E-state index in [1.165, 1.54) is 42.7 Å². The summed E-state index contributed by atoms with van der Waals surface area (Å²) in [5, 5.41) is 12.6. The van der Waals surface area contributed by atoms with Crippen molar-refractivity contribution in [3.8, 4) is 0 Å². The highest BCUT2D eigenvalue weighted by Crippen LogP contribution is 2.15. The molecule has 0 heterocycles. The highest BCUT2D eigenvalue weighted by Gasteiger charge is 2.37. The quantitative estimate of drug-likeness (QED) is 0.0273. The van der Waals surface area contributed by atoms with Gasteiger partial charge in [-0.15, -0.1) is 0 Å². The van der Waals surface area contributed by atoms with Crippen LogP contribution in [-0.4, -0.2) is 160 Å². The molecule has 0 aromatic carbocycles. The van der Waals surface area contributed by atoms with Crippen LogP contribution in [-0.2, 0) is 60.1 Å². The van der Waals surface area contributed by atoms with E-state index in [1.807, 2.05) is 6.92 Å². The van der Waals surface area contributed by atoms with Gasteiger partial charge in [0.25, 0.3) is 0 Å². The summed E-state index contributed by atoms with van der Waals surface area (Å²) in [6.45, 7) is 3.26. The van der Waals surface area contributed by atoms with Crippen LogP contribution in [0.5, 0.6) is 0 Å². The highest BCUT2D eigenvalue weighted by molar-refractivity contribution is 6.60. The Morgan fingerprint density at radius 1 is 0.490 bits per heavy atom. The Morgan fingerprint density at radius 3 is 1.14 bits per heavy atom. The summed E-state index contributed by atoms with van der Waals surface area (Å²) in [4.78, 5) is 74.8. The van der Waals surface area contributed by atoms with E-state index in [2.05, 4.69) is 26.6 Å². The molecule has 49 heavy (non-hydrogen) atoms. The van der Waals surface area contributed by atoms with Gasteiger partial charge < -0.3 is 57.9 Å². The zero-order valence-electron chi connectivity index (χ0n) is 29.9. The van der Waals surface area contributed by atoms with Gasteiger partial charge in [0, 0.05) is 107 Å². The number of nitrogens with one attached hydrogen (secondary N) is 5. The average molecular weight is 741 g/mol. The summed E-state index contributed by atoms with van der Waals surface area (Å²) in [5.74, 6) is -5.22. The smallest absolute Gasteiger partial charge is 0.459 e. The van der Waals surface area contributed by atoms with E-state index >= 15 is 0 Å². The molecule has 5 amide bonds. The van der Waals surface area contributed by atoms with Gasteiger partial charge in [0.15, 0.2) is 0 Å². The number of unbranched alkanes of at least 4 members (excludes halogenated alkanes) is 1. The number of rotatable bonds is 26. The van der Waals surface area contributed by atoms with E-state index in [1.54, 1.807) is 4.90 Å². The predicted octanol–water partition coefficient (Wildman–Crippen LogP) is -2.25. The van der Waals surface area contributed by atoms with Gasteiger partial charge >= 0.3 is 53.1 Å². The van der Waals surface area contributed by atoms with Crippen molar-refractivity contribution in [1.82, 2.24) is 31.5 Å². The van der Waals surface area contributed by atoms with Crippen molar-refractivity contribution < 1.29 is 60.1 Å². The summed E-state index contributed by atoms with van der Waals surface area (Å²) in [7, 11) is 3.32. The number of amides is 5. The lowest BCUT2D eigenvalue weighted by Gasteiger charge is -2.24. The molecule has 19 nitrogen and oxygen atoms in total. The van der Waals surface area contributed by atoms with Crippen molar-refractivity contribution in [3.05, 3.63) is 0 Å². The molecule has 0 saturated carbocycles. The van der Waals surface area contributed by atoms with E-state index < -0.39 is 53.1 Å². The number of carbonyl (C=O) groups excluding carboxylic acids is 6. The SMILES string of the molecule is CCCCOC(=O)C(=O)NCCN(CCNC(=O)C(=O)NCCC[Si](OC)(OC)OC)CCNC(=O)C(=O)NCCC[Si](OC)(OC)OC. The van der Waals surface area contributed by atoms with Crippen molar-refractivity contribution in [2.45, 2.75) is 44.7 Å². The largest absolute Gasteiger partial charge is 0.500 e. The molecule has 284 valence electrons. The van der Waals surface area contributed by atoms with Crippen molar-refractivity contribution in [2.75, 3.05) is 102 Å². The first kappa shape index (κ1) is 46.0. The summed E-state index contributed by atoms with van der Waals surface area (Å²) >= 11 is 0. The van der Waals surface area contributed by atoms with Crippen LogP contribution in [0.3, 0.4) is 0 Å². The van der Waals surface area contributed by atoms with Crippen molar-refractivity contribution in [3.63, 3.8) is 0 Å². The average Bonchev–Trinajstić information content (AvgIpc) is 3.11. The maximum Gasteiger partial charge on any atom is 0.500 e. The first-order chi connectivity index (χ1) is 23.4. The lowest BCUT2D eigenvalue weighted by Crippen LogP contribution is -2.47. The molecule has 21 heteroatoms. The molecular formula is C28H56N6O13Si2. The third kappa shape index (κ3) is 19.1. The van der Waals surface area contributed by atoms with Crippen LogP contribution in [0.4, 0.5) is 0 Å². The first-order valence-electron chi connectivity index (χ1n) is 16.0. The monoisotopic (exact) mass is 740 g/mol. The van der Waals surface area contributed by atoms with Crippen molar-refractivity contribution in [1.29, 1.82) is 0 Å². The number of ether oxygens (including phenoxy) is 1. The molecule has 0 aliphatic rings. The van der Waals surface area contributed by atoms with Gasteiger partial charge in [0.05, 0.1) is 6.61 Å². The predicted molar refractivity (Wildman–Crippen MR) is 180 cm³/mol. The van der Waals surface area contributed by atoms with Crippen LogP contribution in [0.2, 0.25) is 12.1 Å². The summed E-state index contributed by atoms with van der Waals surface area (Å²) in [6, 6.07) is 0.884. The number of hydrogen-bond acceptors (Lipinski definition) is 14. The maximum absolute atomic E-state index is 12.3. The Labute approximate surface area is 290 Å². The lowest BCUT2D eigenvalue weighted by atomic mass is 10.4. The van der Waals surface area contributed by atoms with E-state index in [0.29, 0.717) is 31.4 Å². The fraction of sp³-hybridized carbons (Fsp3) is 0.786. The van der Waals surface area contributed by atoms with E-state index in [0.717, 1.165) is 6.42 Å². The Balaban J connectivity index is 4.89. The van der Waals surface area contributed by atoms with Crippen LogP contribution in [0.15, 0.2) is 0 Å². The Bertz CT molecular complexity index is 945. The Morgan fingerprint density at radius 2 is 0.816 bits per heavy atom. The first-order valence-corrected chi connectivity index (χ1v) is 19.9. The van der Waals surface area contributed by atoms with Gasteiger partial charge in [-0.05, 0) is 19.3 Å². The Hall–Kier alpha value is -3.03. The standard InChI is InChI=1S/C28H56N6O13Si2/c1-8-9-20-47-28(40)27(39)33-16-19-34(17-14-31-25(37)23(35)29-12-10-21-48(41-2,42-3)43-4)18-15-32-26(38)24(36)30-13-11-22-49(44-5,45-6)46-7/h8-22H2,1-7H3,(H,29,35)(H,30,36)(H,31,37)(H,32,38)(H,33,39).